The summed E-state index contributed by atoms with van der Waals surface area (Å²) in [4.78, 5) is 49.1. The number of likely N-dealkylation sites (tertiary alicyclic amines) is 1. The fourth-order valence-corrected chi connectivity index (χ4v) is 5.35. The Bertz CT molecular complexity index is 1570. The van der Waals surface area contributed by atoms with Crippen molar-refractivity contribution < 1.29 is 19.1 Å². The van der Waals surface area contributed by atoms with Gasteiger partial charge in [0.25, 0.3) is 11.8 Å². The van der Waals surface area contributed by atoms with Crippen molar-refractivity contribution in [3.8, 4) is 12.0 Å². The largest absolute Gasteiger partial charge is 0.444 e. The van der Waals surface area contributed by atoms with Crippen molar-refractivity contribution in [2.75, 3.05) is 11.4 Å². The van der Waals surface area contributed by atoms with Crippen molar-refractivity contribution in [2.24, 2.45) is 0 Å². The molecule has 3 amide bonds. The third-order valence-electron chi connectivity index (χ3n) is 6.48. The summed E-state index contributed by atoms with van der Waals surface area (Å²) in [5.74, 6) is 2.70. The van der Waals surface area contributed by atoms with Crippen molar-refractivity contribution in [3.05, 3.63) is 89.6 Å². The topological polar surface area (TPSA) is 96.2 Å². The molecule has 0 spiro atoms. The maximum absolute atomic E-state index is 14.1. The Morgan fingerprint density at radius 1 is 1.10 bits per heavy atom. The van der Waals surface area contributed by atoms with E-state index >= 15 is 0 Å². The molecule has 10 heteroatoms. The molecule has 0 unspecified atom stereocenters. The number of fused-ring (bicyclic) bond motifs is 1. The molecule has 1 N–H and O–H groups in total. The van der Waals surface area contributed by atoms with Gasteiger partial charge in [0, 0.05) is 29.7 Å². The SMILES string of the molecule is CC(C)(C)OC(=O)N[C@@H](C(=O)N1CCC[C@H]1C(=O)N(C#Cc1ccccc1)c1cn2ccsc2n1)c1ccccc1. The highest BCUT2D eigenvalue weighted by molar-refractivity contribution is 7.15. The first kappa shape index (κ1) is 27.9. The number of hydrogen-bond donors (Lipinski definition) is 1. The molecule has 2 aromatic heterocycles. The Kier molecular flexibility index (Phi) is 8.08. The number of nitrogens with zero attached hydrogens (tertiary/aromatic N) is 4. The van der Waals surface area contributed by atoms with E-state index in [1.165, 1.54) is 21.1 Å². The van der Waals surface area contributed by atoms with Crippen LogP contribution in [0.4, 0.5) is 10.6 Å². The van der Waals surface area contributed by atoms with Gasteiger partial charge in [-0.15, -0.1) is 11.3 Å². The van der Waals surface area contributed by atoms with E-state index in [1.807, 2.05) is 52.4 Å². The molecule has 0 radical (unpaired) electrons. The number of nitrogens with one attached hydrogen (secondary N) is 1. The fourth-order valence-electron chi connectivity index (χ4n) is 4.65. The second kappa shape index (κ2) is 11.9. The van der Waals surface area contributed by atoms with E-state index < -0.39 is 23.8 Å². The van der Waals surface area contributed by atoms with Crippen LogP contribution in [0.3, 0.4) is 0 Å². The van der Waals surface area contributed by atoms with Gasteiger partial charge >= 0.3 is 6.09 Å². The molecule has 1 fully saturated rings. The summed E-state index contributed by atoms with van der Waals surface area (Å²) in [7, 11) is 0. The molecule has 2 aromatic carbocycles. The average Bonchev–Trinajstić information content (AvgIpc) is 3.69. The predicted molar refractivity (Wildman–Crippen MR) is 157 cm³/mol. The van der Waals surface area contributed by atoms with Crippen LogP contribution in [0.2, 0.25) is 0 Å². The predicted octanol–water partition coefficient (Wildman–Crippen LogP) is 5.00. The lowest BCUT2D eigenvalue weighted by atomic mass is 10.0. The molecule has 4 aromatic rings. The fraction of sp³-hybridized carbons (Fsp3) is 0.290. The van der Waals surface area contributed by atoms with Gasteiger partial charge < -0.3 is 15.0 Å². The Balaban J connectivity index is 1.45. The minimum absolute atomic E-state index is 0.353. The van der Waals surface area contributed by atoms with E-state index in [2.05, 4.69) is 22.3 Å². The Hall–Kier alpha value is -4.62. The third kappa shape index (κ3) is 6.58. The van der Waals surface area contributed by atoms with E-state index in [1.54, 1.807) is 51.2 Å². The molecule has 9 nitrogen and oxygen atoms in total. The highest BCUT2D eigenvalue weighted by atomic mass is 32.1. The molecule has 3 heterocycles. The molecule has 210 valence electrons. The van der Waals surface area contributed by atoms with Gasteiger partial charge in [0.15, 0.2) is 10.8 Å². The average molecular weight is 570 g/mol. The number of hydrogen-bond acceptors (Lipinski definition) is 6. The minimum atomic E-state index is -1.03. The molecule has 41 heavy (non-hydrogen) atoms. The maximum atomic E-state index is 14.1. The molecule has 1 aliphatic rings. The zero-order valence-corrected chi connectivity index (χ0v) is 23.9. The Morgan fingerprint density at radius 2 is 1.80 bits per heavy atom. The van der Waals surface area contributed by atoms with Gasteiger partial charge in [0.1, 0.15) is 17.7 Å². The number of thiazole rings is 1. The highest BCUT2D eigenvalue weighted by Gasteiger charge is 2.41. The van der Waals surface area contributed by atoms with Crippen LogP contribution in [0.5, 0.6) is 0 Å². The second-order valence-corrected chi connectivity index (χ2v) is 11.5. The van der Waals surface area contributed by atoms with Crippen LogP contribution in [0.15, 0.2) is 78.4 Å². The van der Waals surface area contributed by atoms with Gasteiger partial charge in [0.2, 0.25) is 0 Å². The quantitative estimate of drug-likeness (QED) is 0.270. The van der Waals surface area contributed by atoms with Gasteiger partial charge in [-0.05, 0) is 57.2 Å². The lowest BCUT2D eigenvalue weighted by Crippen LogP contribution is -2.51. The molecule has 1 aliphatic heterocycles. The van der Waals surface area contributed by atoms with Crippen LogP contribution in [-0.4, -0.2) is 50.4 Å². The summed E-state index contributed by atoms with van der Waals surface area (Å²) in [5.41, 5.74) is 0.601. The van der Waals surface area contributed by atoms with Gasteiger partial charge in [-0.25, -0.2) is 9.69 Å². The van der Waals surface area contributed by atoms with Crippen LogP contribution in [-0.2, 0) is 14.3 Å². The van der Waals surface area contributed by atoms with Gasteiger partial charge in [-0.3, -0.25) is 14.0 Å². The zero-order chi connectivity index (χ0) is 29.0. The van der Waals surface area contributed by atoms with E-state index in [0.29, 0.717) is 30.8 Å². The lowest BCUT2D eigenvalue weighted by molar-refractivity contribution is -0.139. The normalized spacial score (nSPS) is 15.6. The van der Waals surface area contributed by atoms with Crippen molar-refractivity contribution in [2.45, 2.75) is 51.3 Å². The maximum Gasteiger partial charge on any atom is 0.408 e. The number of carbonyl (C=O) groups excluding carboxylic acids is 3. The Morgan fingerprint density at radius 3 is 2.49 bits per heavy atom. The van der Waals surface area contributed by atoms with Crippen LogP contribution < -0.4 is 10.2 Å². The van der Waals surface area contributed by atoms with Crippen molar-refractivity contribution in [1.82, 2.24) is 19.6 Å². The number of carbonyl (C=O) groups is 3. The van der Waals surface area contributed by atoms with E-state index in [9.17, 15) is 14.4 Å². The summed E-state index contributed by atoms with van der Waals surface area (Å²) >= 11 is 1.45. The monoisotopic (exact) mass is 569 g/mol. The summed E-state index contributed by atoms with van der Waals surface area (Å²) in [6.07, 6.45) is 4.00. The van der Waals surface area contributed by atoms with Gasteiger partial charge in [0.05, 0.1) is 6.20 Å². The van der Waals surface area contributed by atoms with Gasteiger partial charge in [-0.1, -0.05) is 48.5 Å². The van der Waals surface area contributed by atoms with E-state index in [0.717, 1.165) is 10.5 Å². The van der Waals surface area contributed by atoms with Crippen molar-refractivity contribution in [1.29, 1.82) is 0 Å². The molecule has 5 rings (SSSR count). The molecule has 0 aliphatic carbocycles. The smallest absolute Gasteiger partial charge is 0.408 e. The Labute approximate surface area is 242 Å². The van der Waals surface area contributed by atoms with Crippen LogP contribution in [0, 0.1) is 12.0 Å². The van der Waals surface area contributed by atoms with E-state index in [4.69, 9.17) is 4.74 Å². The summed E-state index contributed by atoms with van der Waals surface area (Å²) < 4.78 is 7.28. The number of alkyl carbamates (subject to hydrolysis) is 1. The molecule has 0 bridgehead atoms. The molecular weight excluding hydrogens is 538 g/mol. The van der Waals surface area contributed by atoms with Crippen molar-refractivity contribution >= 4 is 40.0 Å². The third-order valence-corrected chi connectivity index (χ3v) is 7.25. The highest BCUT2D eigenvalue weighted by Crippen LogP contribution is 2.27. The summed E-state index contributed by atoms with van der Waals surface area (Å²) in [6, 6.07) is 19.5. The number of aromatic nitrogens is 2. The number of amides is 3. The molecule has 0 saturated carbocycles. The molecular formula is C31H31N5O4S. The number of rotatable bonds is 5. The lowest BCUT2D eigenvalue weighted by Gasteiger charge is -2.30. The number of benzene rings is 2. The standard InChI is InChI=1S/C31H31N5O4S/c1-31(2,3)40-30(39)33-26(23-13-8-5-9-14-23)28(38)35-17-10-15-24(35)27(37)36(18-16-22-11-6-4-7-12-22)25-21-34-19-20-41-29(34)32-25/h4-9,11-14,19-21,24,26H,10,15,17H2,1-3H3,(H,33,39)/t24-,26+/m0/s1. The van der Waals surface area contributed by atoms with Crippen LogP contribution in [0.1, 0.15) is 50.8 Å². The second-order valence-electron chi connectivity index (χ2n) is 10.6. The van der Waals surface area contributed by atoms with Crippen LogP contribution >= 0.6 is 11.3 Å². The van der Waals surface area contributed by atoms with E-state index in [-0.39, 0.29) is 11.8 Å². The summed E-state index contributed by atoms with van der Waals surface area (Å²) in [6.45, 7) is 5.64. The first-order valence-electron chi connectivity index (χ1n) is 13.4. The molecule has 2 atom stereocenters. The first-order chi connectivity index (χ1) is 19.7. The zero-order valence-electron chi connectivity index (χ0n) is 23.1. The number of ether oxygens (including phenoxy) is 1. The number of anilines is 1. The van der Waals surface area contributed by atoms with Crippen LogP contribution in [0.25, 0.3) is 4.96 Å². The number of imidazole rings is 1. The first-order valence-corrected chi connectivity index (χ1v) is 14.3. The van der Waals surface area contributed by atoms with Crippen molar-refractivity contribution in [3.63, 3.8) is 0 Å². The summed E-state index contributed by atoms with van der Waals surface area (Å²) in [5, 5.41) is 4.64. The molecule has 1 saturated heterocycles. The van der Waals surface area contributed by atoms with Gasteiger partial charge in [-0.2, -0.15) is 4.98 Å². The minimum Gasteiger partial charge on any atom is -0.444 e.